The number of rotatable bonds is 10. The maximum atomic E-state index is 12.4. The van der Waals surface area contributed by atoms with Crippen LogP contribution in [0.15, 0.2) is 89.4 Å². The van der Waals surface area contributed by atoms with E-state index in [4.69, 9.17) is 21.1 Å². The van der Waals surface area contributed by atoms with Crippen LogP contribution in [0.2, 0.25) is 5.02 Å². The molecule has 0 aliphatic rings. The molecule has 0 fully saturated rings. The van der Waals surface area contributed by atoms with Gasteiger partial charge in [-0.15, -0.1) is 11.8 Å². The maximum absolute atomic E-state index is 12.4. The predicted octanol–water partition coefficient (Wildman–Crippen LogP) is 5.97. The van der Waals surface area contributed by atoms with E-state index in [1.54, 1.807) is 55.4 Å². The zero-order valence-electron chi connectivity index (χ0n) is 17.6. The molecule has 0 unspecified atom stereocenters. The molecule has 164 valence electrons. The number of halogens is 1. The Morgan fingerprint density at radius 3 is 2.53 bits per heavy atom. The smallest absolute Gasteiger partial charge is 0.271 e. The Hall–Kier alpha value is -3.22. The van der Waals surface area contributed by atoms with Gasteiger partial charge in [-0.2, -0.15) is 5.10 Å². The van der Waals surface area contributed by atoms with Gasteiger partial charge >= 0.3 is 0 Å². The van der Waals surface area contributed by atoms with Gasteiger partial charge in [-0.25, -0.2) is 5.43 Å². The quantitative estimate of drug-likeness (QED) is 0.173. The summed E-state index contributed by atoms with van der Waals surface area (Å²) in [5, 5.41) is 4.76. The third-order valence-electron chi connectivity index (χ3n) is 4.36. The molecule has 0 saturated heterocycles. The van der Waals surface area contributed by atoms with Crippen LogP contribution in [0.1, 0.15) is 21.5 Å². The minimum Gasteiger partial charge on any atom is -0.493 e. The Labute approximate surface area is 197 Å². The molecule has 0 heterocycles. The molecule has 32 heavy (non-hydrogen) atoms. The molecule has 0 saturated carbocycles. The van der Waals surface area contributed by atoms with E-state index < -0.39 is 0 Å². The molecule has 3 rings (SSSR count). The number of thioether (sulfide) groups is 1. The van der Waals surface area contributed by atoms with Crippen LogP contribution in [0.4, 0.5) is 0 Å². The number of nitrogens with one attached hydrogen (secondary N) is 1. The summed E-state index contributed by atoms with van der Waals surface area (Å²) in [5.74, 6) is 1.71. The molecule has 0 spiro atoms. The first-order chi connectivity index (χ1) is 15.6. The summed E-state index contributed by atoms with van der Waals surface area (Å²) in [5.41, 5.74) is 4.97. The highest BCUT2D eigenvalue weighted by molar-refractivity contribution is 7.98. The second-order valence-corrected chi connectivity index (χ2v) is 8.13. The molecule has 3 aromatic carbocycles. The van der Waals surface area contributed by atoms with Crippen LogP contribution in [-0.4, -0.2) is 25.8 Å². The number of methoxy groups -OCH3 is 1. The molecule has 0 radical (unpaired) electrons. The van der Waals surface area contributed by atoms with E-state index in [9.17, 15) is 4.79 Å². The average Bonchev–Trinajstić information content (AvgIpc) is 2.83. The van der Waals surface area contributed by atoms with Crippen LogP contribution in [0.5, 0.6) is 11.5 Å². The molecule has 1 N–H and O–H groups in total. The lowest BCUT2D eigenvalue weighted by Crippen LogP contribution is -2.17. The van der Waals surface area contributed by atoms with Crippen LogP contribution in [0.25, 0.3) is 0 Å². The first-order valence-electron chi connectivity index (χ1n) is 9.81. The highest BCUT2D eigenvalue weighted by Gasteiger charge is 2.06. The number of hydrogen-bond donors (Lipinski definition) is 1. The number of benzene rings is 3. The van der Waals surface area contributed by atoms with E-state index in [-0.39, 0.29) is 5.91 Å². The predicted molar refractivity (Wildman–Crippen MR) is 131 cm³/mol. The van der Waals surface area contributed by atoms with Crippen molar-refractivity contribution in [3.63, 3.8) is 0 Å². The van der Waals surface area contributed by atoms with Crippen molar-refractivity contribution in [1.29, 1.82) is 0 Å². The normalized spacial score (nSPS) is 10.7. The number of ether oxygens (including phenoxy) is 2. The summed E-state index contributed by atoms with van der Waals surface area (Å²) in [6, 6.07) is 20.6. The number of amides is 1. The molecule has 0 bridgehead atoms. The molecule has 5 nitrogen and oxygen atoms in total. The summed E-state index contributed by atoms with van der Waals surface area (Å²) >= 11 is 7.62. The van der Waals surface area contributed by atoms with Crippen LogP contribution in [0, 0.1) is 0 Å². The van der Waals surface area contributed by atoms with E-state index >= 15 is 0 Å². The standard InChI is InChI=1S/C25H23ClN2O3S/c1-3-14-31-23-13-6-19(15-24(23)30-2)16-27-28-25(29)20-7-4-18(5-8-20)17-32-22-11-9-21(26)10-12-22/h3-13,15-16H,1,14,17H2,2H3,(H,28,29)/b27-16+. The van der Waals surface area contributed by atoms with Gasteiger partial charge < -0.3 is 9.47 Å². The monoisotopic (exact) mass is 466 g/mol. The molecule has 0 aliphatic heterocycles. The number of nitrogens with zero attached hydrogens (tertiary/aromatic N) is 1. The van der Waals surface area contributed by atoms with Crippen LogP contribution in [-0.2, 0) is 5.75 Å². The van der Waals surface area contributed by atoms with Crippen molar-refractivity contribution in [2.45, 2.75) is 10.6 Å². The van der Waals surface area contributed by atoms with E-state index in [0.717, 1.165) is 26.8 Å². The highest BCUT2D eigenvalue weighted by Crippen LogP contribution is 2.27. The molecular formula is C25H23ClN2O3S. The average molecular weight is 467 g/mol. The van der Waals surface area contributed by atoms with E-state index in [1.807, 2.05) is 42.5 Å². The topological polar surface area (TPSA) is 59.9 Å². The zero-order valence-corrected chi connectivity index (χ0v) is 19.2. The van der Waals surface area contributed by atoms with Crippen molar-refractivity contribution in [1.82, 2.24) is 5.43 Å². The molecule has 0 aromatic heterocycles. The minimum absolute atomic E-state index is 0.281. The van der Waals surface area contributed by atoms with Crippen molar-refractivity contribution in [3.8, 4) is 11.5 Å². The number of hydrogen-bond acceptors (Lipinski definition) is 5. The van der Waals surface area contributed by atoms with E-state index in [2.05, 4.69) is 17.1 Å². The number of hydrazone groups is 1. The highest BCUT2D eigenvalue weighted by atomic mass is 35.5. The fourth-order valence-corrected chi connectivity index (χ4v) is 3.69. The Bertz CT molecular complexity index is 1080. The molecular weight excluding hydrogens is 444 g/mol. The van der Waals surface area contributed by atoms with Gasteiger partial charge in [0.15, 0.2) is 11.5 Å². The first-order valence-corrected chi connectivity index (χ1v) is 11.2. The van der Waals surface area contributed by atoms with E-state index in [1.165, 1.54) is 0 Å². The molecule has 3 aromatic rings. The maximum Gasteiger partial charge on any atom is 0.271 e. The number of carbonyl (C=O) groups is 1. The lowest BCUT2D eigenvalue weighted by atomic mass is 10.1. The van der Waals surface area contributed by atoms with Crippen molar-refractivity contribution in [2.24, 2.45) is 5.10 Å². The largest absolute Gasteiger partial charge is 0.493 e. The van der Waals surface area contributed by atoms with Crippen molar-refractivity contribution >= 4 is 35.5 Å². The van der Waals surface area contributed by atoms with Gasteiger partial charge in [0.25, 0.3) is 5.91 Å². The SMILES string of the molecule is C=CCOc1ccc(/C=N/NC(=O)c2ccc(CSc3ccc(Cl)cc3)cc2)cc1OC. The van der Waals surface area contributed by atoms with Crippen LogP contribution >= 0.6 is 23.4 Å². The molecule has 1 amide bonds. The third-order valence-corrected chi connectivity index (χ3v) is 5.69. The van der Waals surface area contributed by atoms with Crippen LogP contribution in [0.3, 0.4) is 0 Å². The summed E-state index contributed by atoms with van der Waals surface area (Å²) in [6.45, 7) is 4.01. The van der Waals surface area contributed by atoms with Gasteiger partial charge in [0.2, 0.25) is 0 Å². The van der Waals surface area contributed by atoms with Gasteiger partial charge in [0, 0.05) is 21.2 Å². The first kappa shape index (κ1) is 23.4. The second-order valence-electron chi connectivity index (χ2n) is 6.65. The van der Waals surface area contributed by atoms with Crippen molar-refractivity contribution < 1.29 is 14.3 Å². The van der Waals surface area contributed by atoms with Gasteiger partial charge in [0.05, 0.1) is 13.3 Å². The summed E-state index contributed by atoms with van der Waals surface area (Å²) in [7, 11) is 1.57. The van der Waals surface area contributed by atoms with Crippen molar-refractivity contribution in [2.75, 3.05) is 13.7 Å². The fraction of sp³-hybridized carbons (Fsp3) is 0.120. The second kappa shape index (κ2) is 12.0. The summed E-state index contributed by atoms with van der Waals surface area (Å²) in [6.07, 6.45) is 3.21. The Morgan fingerprint density at radius 1 is 1.09 bits per heavy atom. The zero-order chi connectivity index (χ0) is 22.8. The minimum atomic E-state index is -0.281. The molecule has 0 aliphatic carbocycles. The molecule has 7 heteroatoms. The van der Waals surface area contributed by atoms with Crippen molar-refractivity contribution in [3.05, 3.63) is 101 Å². The Morgan fingerprint density at radius 2 is 1.84 bits per heavy atom. The molecule has 0 atom stereocenters. The summed E-state index contributed by atoms with van der Waals surface area (Å²) < 4.78 is 10.9. The lowest BCUT2D eigenvalue weighted by Gasteiger charge is -2.09. The third kappa shape index (κ3) is 6.90. The van der Waals surface area contributed by atoms with Gasteiger partial charge in [-0.1, -0.05) is 36.4 Å². The van der Waals surface area contributed by atoms with Gasteiger partial charge in [-0.3, -0.25) is 4.79 Å². The van der Waals surface area contributed by atoms with Gasteiger partial charge in [0.1, 0.15) is 6.61 Å². The lowest BCUT2D eigenvalue weighted by molar-refractivity contribution is 0.0955. The number of carbonyl (C=O) groups excluding carboxylic acids is 1. The fourth-order valence-electron chi connectivity index (χ4n) is 2.71. The Balaban J connectivity index is 1.53. The summed E-state index contributed by atoms with van der Waals surface area (Å²) in [4.78, 5) is 13.5. The van der Waals surface area contributed by atoms with Gasteiger partial charge in [-0.05, 0) is 65.7 Å². The van der Waals surface area contributed by atoms with Crippen LogP contribution < -0.4 is 14.9 Å². The van der Waals surface area contributed by atoms with E-state index in [0.29, 0.717) is 23.7 Å². The Kier molecular flexibility index (Phi) is 8.78.